The van der Waals surface area contributed by atoms with Crippen molar-refractivity contribution in [2.24, 2.45) is 5.73 Å². The summed E-state index contributed by atoms with van der Waals surface area (Å²) in [6.07, 6.45) is 0.634. The molecule has 0 bridgehead atoms. The Bertz CT molecular complexity index is 40.2. The molecule has 2 atom stereocenters. The van der Waals surface area contributed by atoms with Gasteiger partial charge >= 0.3 is 0 Å². The first-order valence-electron chi connectivity index (χ1n) is 1.74. The van der Waals surface area contributed by atoms with Crippen molar-refractivity contribution in [1.82, 2.24) is 0 Å². The smallest absolute Gasteiger partial charge is 0.0707 e. The number of nitrogens with two attached hydrogens (primary N) is 1. The predicted molar refractivity (Wildman–Crippen MR) is 18.6 cm³/mol. The van der Waals surface area contributed by atoms with Crippen LogP contribution >= 0.6 is 0 Å². The van der Waals surface area contributed by atoms with Gasteiger partial charge in [0.25, 0.3) is 0 Å². The van der Waals surface area contributed by atoms with E-state index in [1.807, 2.05) is 0 Å². The van der Waals surface area contributed by atoms with Crippen LogP contribution in [0.25, 0.3) is 0 Å². The molecule has 0 aliphatic heterocycles. The molecular formula is C3H7NO. The third-order valence-electron chi connectivity index (χ3n) is 0.805. The third kappa shape index (κ3) is 0.412. The van der Waals surface area contributed by atoms with Crippen molar-refractivity contribution in [3.63, 3.8) is 0 Å². The molecule has 0 saturated heterocycles. The monoisotopic (exact) mass is 73.1 g/mol. The molecule has 0 radical (unpaired) electrons. The van der Waals surface area contributed by atoms with Gasteiger partial charge in [-0.3, -0.25) is 0 Å². The molecule has 0 unspecified atom stereocenters. The third-order valence-corrected chi connectivity index (χ3v) is 0.805. The van der Waals surface area contributed by atoms with Gasteiger partial charge in [0.15, 0.2) is 0 Å². The zero-order chi connectivity index (χ0) is 3.86. The fourth-order valence-electron chi connectivity index (χ4n) is 0.200. The summed E-state index contributed by atoms with van der Waals surface area (Å²) in [5.41, 5.74) is 5.12. The Morgan fingerprint density at radius 2 is 2.00 bits per heavy atom. The number of rotatable bonds is 0. The number of hydrogen-bond donors (Lipinski definition) is 2. The maximum atomic E-state index is 8.31. The van der Waals surface area contributed by atoms with Crippen LogP contribution in [0.2, 0.25) is 0 Å². The summed E-state index contributed by atoms with van der Waals surface area (Å²) >= 11 is 0. The summed E-state index contributed by atoms with van der Waals surface area (Å²) in [6.45, 7) is 0. The lowest BCUT2D eigenvalue weighted by Gasteiger charge is -1.70. The van der Waals surface area contributed by atoms with Crippen molar-refractivity contribution in [3.8, 4) is 0 Å². The van der Waals surface area contributed by atoms with Crippen LogP contribution in [0.5, 0.6) is 0 Å². The van der Waals surface area contributed by atoms with Crippen LogP contribution in [0.3, 0.4) is 0 Å². The SMILES string of the molecule is N[C@@H]1C[C@@H]1O. The Balaban J connectivity index is 2.20. The highest BCUT2D eigenvalue weighted by atomic mass is 16.3. The van der Waals surface area contributed by atoms with Crippen LogP contribution < -0.4 is 5.73 Å². The Morgan fingerprint density at radius 1 is 1.80 bits per heavy atom. The summed E-state index contributed by atoms with van der Waals surface area (Å²) in [7, 11) is 0. The van der Waals surface area contributed by atoms with Gasteiger partial charge in [-0.15, -0.1) is 0 Å². The standard InChI is InChI=1S/C3H7NO/c4-2-1-3(2)5/h2-3,5H,1,4H2/t2-,3+/m1/s1. The van der Waals surface area contributed by atoms with E-state index < -0.39 is 0 Å². The minimum absolute atomic E-state index is 0.106. The van der Waals surface area contributed by atoms with Gasteiger partial charge in [0.1, 0.15) is 0 Å². The molecule has 30 valence electrons. The van der Waals surface area contributed by atoms with E-state index in [2.05, 4.69) is 0 Å². The molecule has 1 aliphatic carbocycles. The molecule has 3 N–H and O–H groups in total. The minimum atomic E-state index is -0.171. The first-order chi connectivity index (χ1) is 2.30. The van der Waals surface area contributed by atoms with Gasteiger partial charge in [-0.1, -0.05) is 0 Å². The molecule has 0 heterocycles. The van der Waals surface area contributed by atoms with E-state index in [4.69, 9.17) is 10.8 Å². The van der Waals surface area contributed by atoms with Crippen LogP contribution in [0, 0.1) is 0 Å². The van der Waals surface area contributed by atoms with E-state index in [1.165, 1.54) is 0 Å². The number of aliphatic hydroxyl groups is 1. The summed E-state index contributed by atoms with van der Waals surface area (Å²) in [5.74, 6) is 0. The first kappa shape index (κ1) is 3.12. The quantitative estimate of drug-likeness (QED) is 0.389. The minimum Gasteiger partial charge on any atom is -0.391 e. The lowest BCUT2D eigenvalue weighted by atomic mass is 10.8. The molecule has 0 aromatic heterocycles. The average Bonchev–Trinajstić information content (AvgIpc) is 1.79. The van der Waals surface area contributed by atoms with Crippen LogP contribution in [-0.2, 0) is 0 Å². The van der Waals surface area contributed by atoms with Crippen molar-refractivity contribution < 1.29 is 5.11 Å². The van der Waals surface area contributed by atoms with Gasteiger partial charge in [-0.25, -0.2) is 0 Å². The summed E-state index contributed by atoms with van der Waals surface area (Å²) in [4.78, 5) is 0. The highest BCUT2D eigenvalue weighted by molar-refractivity contribution is 4.89. The second-order valence-electron chi connectivity index (χ2n) is 1.47. The summed E-state index contributed by atoms with van der Waals surface area (Å²) in [6, 6.07) is 0.106. The molecular weight excluding hydrogens is 66.0 g/mol. The normalized spacial score (nSPS) is 49.2. The zero-order valence-corrected chi connectivity index (χ0v) is 2.89. The van der Waals surface area contributed by atoms with Gasteiger partial charge in [0, 0.05) is 6.04 Å². The molecule has 0 amide bonds. The van der Waals surface area contributed by atoms with Crippen molar-refractivity contribution >= 4 is 0 Å². The molecule has 1 fully saturated rings. The number of hydrogen-bond acceptors (Lipinski definition) is 2. The van der Waals surface area contributed by atoms with Gasteiger partial charge in [0.05, 0.1) is 6.10 Å². The Kier molecular flexibility index (Phi) is 0.436. The maximum absolute atomic E-state index is 8.31. The van der Waals surface area contributed by atoms with E-state index in [0.717, 1.165) is 6.42 Å². The van der Waals surface area contributed by atoms with Crippen molar-refractivity contribution in [3.05, 3.63) is 0 Å². The number of aliphatic hydroxyl groups excluding tert-OH is 1. The van der Waals surface area contributed by atoms with Crippen molar-refractivity contribution in [2.45, 2.75) is 18.6 Å². The lowest BCUT2D eigenvalue weighted by Crippen LogP contribution is -2.03. The molecule has 2 heteroatoms. The first-order valence-corrected chi connectivity index (χ1v) is 1.74. The van der Waals surface area contributed by atoms with Crippen LogP contribution in [0.4, 0.5) is 0 Å². The fraction of sp³-hybridized carbons (Fsp3) is 1.00. The van der Waals surface area contributed by atoms with Crippen LogP contribution in [0.1, 0.15) is 6.42 Å². The summed E-state index contributed by atoms with van der Waals surface area (Å²) < 4.78 is 0. The highest BCUT2D eigenvalue weighted by Crippen LogP contribution is 2.15. The van der Waals surface area contributed by atoms with Crippen LogP contribution in [-0.4, -0.2) is 17.3 Å². The second-order valence-corrected chi connectivity index (χ2v) is 1.47. The lowest BCUT2D eigenvalue weighted by molar-refractivity contribution is 0.272. The van der Waals surface area contributed by atoms with Gasteiger partial charge < -0.3 is 10.8 Å². The molecule has 5 heavy (non-hydrogen) atoms. The molecule has 1 aliphatic rings. The van der Waals surface area contributed by atoms with E-state index in [9.17, 15) is 0 Å². The molecule has 0 aromatic rings. The summed E-state index contributed by atoms with van der Waals surface area (Å²) in [5, 5.41) is 8.31. The van der Waals surface area contributed by atoms with Crippen molar-refractivity contribution in [2.75, 3.05) is 0 Å². The largest absolute Gasteiger partial charge is 0.391 e. The van der Waals surface area contributed by atoms with E-state index in [1.54, 1.807) is 0 Å². The average molecular weight is 73.1 g/mol. The van der Waals surface area contributed by atoms with Crippen molar-refractivity contribution in [1.29, 1.82) is 0 Å². The topological polar surface area (TPSA) is 46.2 Å². The molecule has 1 saturated carbocycles. The molecule has 0 spiro atoms. The Hall–Kier alpha value is -0.0800. The Morgan fingerprint density at radius 3 is 2.00 bits per heavy atom. The Labute approximate surface area is 30.6 Å². The maximum Gasteiger partial charge on any atom is 0.0707 e. The fourth-order valence-corrected chi connectivity index (χ4v) is 0.200. The van der Waals surface area contributed by atoms with Crippen LogP contribution in [0.15, 0.2) is 0 Å². The van der Waals surface area contributed by atoms with Gasteiger partial charge in [0.2, 0.25) is 0 Å². The second kappa shape index (κ2) is 0.698. The molecule has 1 rings (SSSR count). The molecule has 0 aromatic carbocycles. The highest BCUT2D eigenvalue weighted by Gasteiger charge is 2.30. The van der Waals surface area contributed by atoms with E-state index in [-0.39, 0.29) is 12.1 Å². The van der Waals surface area contributed by atoms with E-state index in [0.29, 0.717) is 0 Å². The zero-order valence-electron chi connectivity index (χ0n) is 2.89. The van der Waals surface area contributed by atoms with Gasteiger partial charge in [-0.2, -0.15) is 0 Å². The predicted octanol–water partition coefficient (Wildman–Crippen LogP) is -0.922. The van der Waals surface area contributed by atoms with Gasteiger partial charge in [-0.05, 0) is 6.42 Å². The molecule has 2 nitrogen and oxygen atoms in total. The van der Waals surface area contributed by atoms with E-state index >= 15 is 0 Å².